The summed E-state index contributed by atoms with van der Waals surface area (Å²) in [6, 6.07) is 7.46. The molecule has 0 aromatic heterocycles. The maximum atomic E-state index is 3.47. The van der Waals surface area contributed by atoms with Gasteiger partial charge in [0, 0.05) is 32.2 Å². The lowest BCUT2D eigenvalue weighted by Crippen LogP contribution is -2.46. The lowest BCUT2D eigenvalue weighted by Gasteiger charge is -2.39. The molecule has 2 heteroatoms. The van der Waals surface area contributed by atoms with E-state index in [-0.39, 0.29) is 0 Å². The molecule has 0 aliphatic carbocycles. The van der Waals surface area contributed by atoms with Crippen molar-refractivity contribution in [3.8, 4) is 0 Å². The highest BCUT2D eigenvalue weighted by molar-refractivity contribution is 5.33. The highest BCUT2D eigenvalue weighted by Gasteiger charge is 2.27. The van der Waals surface area contributed by atoms with Crippen molar-refractivity contribution in [3.05, 3.63) is 34.9 Å². The summed E-state index contributed by atoms with van der Waals surface area (Å²) in [6.07, 6.45) is 1.22. The van der Waals surface area contributed by atoms with Crippen LogP contribution in [0.25, 0.3) is 0 Å². The van der Waals surface area contributed by atoms with Gasteiger partial charge in [-0.05, 0) is 36.8 Å². The number of nitrogens with one attached hydrogen (secondary N) is 1. The topological polar surface area (TPSA) is 15.3 Å². The second-order valence-corrected chi connectivity index (χ2v) is 7.43. The highest BCUT2D eigenvalue weighted by Crippen LogP contribution is 2.35. The molecule has 112 valence electrons. The summed E-state index contributed by atoms with van der Waals surface area (Å²) in [5.41, 5.74) is 4.69. The first-order chi connectivity index (χ1) is 9.37. The Morgan fingerprint density at radius 1 is 1.15 bits per heavy atom. The van der Waals surface area contributed by atoms with Crippen molar-refractivity contribution in [1.82, 2.24) is 10.2 Å². The second-order valence-electron chi connectivity index (χ2n) is 7.43. The largest absolute Gasteiger partial charge is 0.314 e. The van der Waals surface area contributed by atoms with Gasteiger partial charge in [-0.2, -0.15) is 0 Å². The molecule has 1 heterocycles. The van der Waals surface area contributed by atoms with Crippen LogP contribution in [0.5, 0.6) is 0 Å². The number of nitrogens with zero attached hydrogens (tertiary/aromatic N) is 1. The molecule has 0 bridgehead atoms. The van der Waals surface area contributed by atoms with E-state index in [9.17, 15) is 0 Å². The molecule has 0 amide bonds. The van der Waals surface area contributed by atoms with Gasteiger partial charge >= 0.3 is 0 Å². The SMILES string of the molecule is Cc1ccc(C)c(C(CC(C)(C)C)N2CCNCC2)c1. The van der Waals surface area contributed by atoms with Gasteiger partial charge in [0.2, 0.25) is 0 Å². The van der Waals surface area contributed by atoms with Gasteiger partial charge in [-0.15, -0.1) is 0 Å². The van der Waals surface area contributed by atoms with E-state index in [2.05, 4.69) is 63.0 Å². The van der Waals surface area contributed by atoms with Gasteiger partial charge in [-0.25, -0.2) is 0 Å². The first kappa shape index (κ1) is 15.5. The fourth-order valence-corrected chi connectivity index (χ4v) is 3.13. The van der Waals surface area contributed by atoms with E-state index in [1.165, 1.54) is 23.1 Å². The van der Waals surface area contributed by atoms with Crippen molar-refractivity contribution in [2.45, 2.75) is 47.1 Å². The zero-order chi connectivity index (χ0) is 14.8. The van der Waals surface area contributed by atoms with E-state index in [0.717, 1.165) is 26.2 Å². The number of rotatable bonds is 3. The molecule has 1 N–H and O–H groups in total. The molecule has 1 saturated heterocycles. The molecule has 1 unspecified atom stereocenters. The van der Waals surface area contributed by atoms with Crippen molar-refractivity contribution in [2.24, 2.45) is 5.41 Å². The third-order valence-corrected chi connectivity index (χ3v) is 4.19. The summed E-state index contributed by atoms with van der Waals surface area (Å²) in [6.45, 7) is 16.1. The van der Waals surface area contributed by atoms with Crippen LogP contribution in [-0.2, 0) is 0 Å². The zero-order valence-electron chi connectivity index (χ0n) is 13.8. The Bertz CT molecular complexity index is 439. The number of benzene rings is 1. The van der Waals surface area contributed by atoms with E-state index in [0.29, 0.717) is 11.5 Å². The second kappa shape index (κ2) is 6.28. The standard InChI is InChI=1S/C18H30N2/c1-14-6-7-15(2)16(12-14)17(13-18(3,4)5)20-10-8-19-9-11-20/h6-7,12,17,19H,8-11,13H2,1-5H3. The van der Waals surface area contributed by atoms with Crippen molar-refractivity contribution in [3.63, 3.8) is 0 Å². The van der Waals surface area contributed by atoms with E-state index in [1.54, 1.807) is 0 Å². The molecule has 0 radical (unpaired) electrons. The molecule has 1 aromatic rings. The number of aryl methyl sites for hydroxylation is 2. The van der Waals surface area contributed by atoms with Gasteiger partial charge in [-0.3, -0.25) is 4.90 Å². The average Bonchev–Trinajstić information content (AvgIpc) is 2.39. The van der Waals surface area contributed by atoms with E-state index >= 15 is 0 Å². The van der Waals surface area contributed by atoms with Crippen molar-refractivity contribution >= 4 is 0 Å². The van der Waals surface area contributed by atoms with Crippen LogP contribution in [0.1, 0.15) is 49.9 Å². The molecule has 2 rings (SSSR count). The number of piperazine rings is 1. The van der Waals surface area contributed by atoms with E-state index in [1.807, 2.05) is 0 Å². The van der Waals surface area contributed by atoms with Crippen LogP contribution in [0.4, 0.5) is 0 Å². The van der Waals surface area contributed by atoms with Gasteiger partial charge in [0.1, 0.15) is 0 Å². The maximum absolute atomic E-state index is 3.47. The van der Waals surface area contributed by atoms with Crippen LogP contribution < -0.4 is 5.32 Å². The molecular formula is C18H30N2. The Kier molecular flexibility index (Phi) is 4.87. The van der Waals surface area contributed by atoms with Crippen molar-refractivity contribution < 1.29 is 0 Å². The molecule has 1 aliphatic heterocycles. The van der Waals surface area contributed by atoms with Gasteiger partial charge in [-0.1, -0.05) is 44.5 Å². The molecule has 1 aromatic carbocycles. The summed E-state index contributed by atoms with van der Waals surface area (Å²) in [5.74, 6) is 0. The quantitative estimate of drug-likeness (QED) is 0.904. The fraction of sp³-hybridized carbons (Fsp3) is 0.667. The molecule has 1 atom stereocenters. The number of hydrogen-bond acceptors (Lipinski definition) is 2. The maximum Gasteiger partial charge on any atom is 0.0356 e. The third kappa shape index (κ3) is 4.07. The third-order valence-electron chi connectivity index (χ3n) is 4.19. The molecular weight excluding hydrogens is 244 g/mol. The van der Waals surface area contributed by atoms with E-state index in [4.69, 9.17) is 0 Å². The van der Waals surface area contributed by atoms with E-state index < -0.39 is 0 Å². The Morgan fingerprint density at radius 2 is 1.80 bits per heavy atom. The predicted molar refractivity (Wildman–Crippen MR) is 87.2 cm³/mol. The Labute approximate surface area is 124 Å². The monoisotopic (exact) mass is 274 g/mol. The minimum atomic E-state index is 0.353. The first-order valence-electron chi connectivity index (χ1n) is 7.89. The molecule has 1 aliphatic rings. The van der Waals surface area contributed by atoms with Crippen LogP contribution in [-0.4, -0.2) is 31.1 Å². The summed E-state index contributed by atoms with van der Waals surface area (Å²) >= 11 is 0. The lowest BCUT2D eigenvalue weighted by molar-refractivity contribution is 0.132. The molecule has 0 saturated carbocycles. The smallest absolute Gasteiger partial charge is 0.0356 e. The Morgan fingerprint density at radius 3 is 2.40 bits per heavy atom. The van der Waals surface area contributed by atoms with Crippen LogP contribution in [0.3, 0.4) is 0 Å². The first-order valence-corrected chi connectivity index (χ1v) is 7.89. The molecule has 0 spiro atoms. The van der Waals surface area contributed by atoms with Crippen molar-refractivity contribution in [1.29, 1.82) is 0 Å². The minimum absolute atomic E-state index is 0.353. The van der Waals surface area contributed by atoms with Crippen molar-refractivity contribution in [2.75, 3.05) is 26.2 Å². The summed E-state index contributed by atoms with van der Waals surface area (Å²) in [7, 11) is 0. The van der Waals surface area contributed by atoms with Crippen LogP contribution in [0, 0.1) is 19.3 Å². The van der Waals surface area contributed by atoms with Gasteiger partial charge in [0.05, 0.1) is 0 Å². The summed E-state index contributed by atoms with van der Waals surface area (Å²) in [5, 5.41) is 3.47. The summed E-state index contributed by atoms with van der Waals surface area (Å²) < 4.78 is 0. The Hall–Kier alpha value is -0.860. The van der Waals surface area contributed by atoms with Gasteiger partial charge in [0.25, 0.3) is 0 Å². The van der Waals surface area contributed by atoms with Gasteiger partial charge < -0.3 is 5.32 Å². The lowest BCUT2D eigenvalue weighted by atomic mass is 9.83. The predicted octanol–water partition coefficient (Wildman–Crippen LogP) is 3.69. The normalized spacial score (nSPS) is 19.1. The van der Waals surface area contributed by atoms with Crippen LogP contribution in [0.2, 0.25) is 0 Å². The average molecular weight is 274 g/mol. The van der Waals surface area contributed by atoms with Crippen LogP contribution >= 0.6 is 0 Å². The minimum Gasteiger partial charge on any atom is -0.314 e. The molecule has 1 fully saturated rings. The Balaban J connectivity index is 2.31. The summed E-state index contributed by atoms with van der Waals surface area (Å²) in [4.78, 5) is 2.67. The molecule has 20 heavy (non-hydrogen) atoms. The fourth-order valence-electron chi connectivity index (χ4n) is 3.13. The molecule has 2 nitrogen and oxygen atoms in total. The zero-order valence-corrected chi connectivity index (χ0v) is 13.8. The highest BCUT2D eigenvalue weighted by atomic mass is 15.2. The van der Waals surface area contributed by atoms with Gasteiger partial charge in [0.15, 0.2) is 0 Å². The van der Waals surface area contributed by atoms with Crippen LogP contribution in [0.15, 0.2) is 18.2 Å². The number of hydrogen-bond donors (Lipinski definition) is 1.